The fraction of sp³-hybridized carbons (Fsp3) is 0.278. The van der Waals surface area contributed by atoms with Crippen LogP contribution in [0.4, 0.5) is 20.6 Å². The van der Waals surface area contributed by atoms with E-state index >= 15 is 0 Å². The first kappa shape index (κ1) is 16.1. The van der Waals surface area contributed by atoms with Crippen LogP contribution < -0.4 is 9.80 Å². The molecule has 0 N–H and O–H groups in total. The maximum absolute atomic E-state index is 13.2. The van der Waals surface area contributed by atoms with Crippen molar-refractivity contribution in [1.82, 2.24) is 0 Å². The molecule has 0 radical (unpaired) electrons. The first-order valence-electron chi connectivity index (χ1n) is 8.01. The molecule has 4 rings (SSSR count). The lowest BCUT2D eigenvalue weighted by Gasteiger charge is -2.23. The summed E-state index contributed by atoms with van der Waals surface area (Å²) < 4.78 is 37.6. The van der Waals surface area contributed by atoms with Gasteiger partial charge in [-0.15, -0.1) is 0 Å². The van der Waals surface area contributed by atoms with Gasteiger partial charge >= 0.3 is 6.03 Å². The second-order valence-corrected chi connectivity index (χ2v) is 8.70. The van der Waals surface area contributed by atoms with Gasteiger partial charge in [0.1, 0.15) is 5.82 Å². The predicted octanol–water partition coefficient (Wildman–Crippen LogP) is 2.75. The summed E-state index contributed by atoms with van der Waals surface area (Å²) in [5.41, 5.74) is 2.18. The number of carbonyl (C=O) groups is 1. The fourth-order valence-corrected chi connectivity index (χ4v) is 5.61. The summed E-state index contributed by atoms with van der Waals surface area (Å²) in [6.07, 6.45) is 0. The summed E-state index contributed by atoms with van der Waals surface area (Å²) in [4.78, 5) is 16.1. The quantitative estimate of drug-likeness (QED) is 0.774. The molecule has 0 saturated carbocycles. The summed E-state index contributed by atoms with van der Waals surface area (Å²) in [5.74, 6) is -0.542. The normalized spacial score (nSPS) is 24.6. The molecular formula is C18H17FN2O3S. The number of aryl methyl sites for hydroxylation is 1. The third-order valence-corrected chi connectivity index (χ3v) is 6.45. The van der Waals surface area contributed by atoms with E-state index in [9.17, 15) is 17.6 Å². The molecule has 0 spiro atoms. The highest BCUT2D eigenvalue weighted by Gasteiger charge is 2.54. The van der Waals surface area contributed by atoms with Crippen molar-refractivity contribution in [2.75, 3.05) is 21.3 Å². The molecule has 130 valence electrons. The van der Waals surface area contributed by atoms with Crippen molar-refractivity contribution in [3.05, 3.63) is 59.9 Å². The van der Waals surface area contributed by atoms with Crippen molar-refractivity contribution in [2.24, 2.45) is 0 Å². The molecule has 2 saturated heterocycles. The topological polar surface area (TPSA) is 57.7 Å². The Hall–Kier alpha value is -2.41. The number of anilines is 2. The monoisotopic (exact) mass is 360 g/mol. The predicted molar refractivity (Wildman–Crippen MR) is 94.2 cm³/mol. The molecule has 0 unspecified atom stereocenters. The van der Waals surface area contributed by atoms with E-state index in [0.717, 1.165) is 5.56 Å². The molecule has 2 amide bonds. The van der Waals surface area contributed by atoms with Gasteiger partial charge in [-0.25, -0.2) is 17.6 Å². The Morgan fingerprint density at radius 1 is 0.960 bits per heavy atom. The smallest absolute Gasteiger partial charge is 0.288 e. The van der Waals surface area contributed by atoms with Gasteiger partial charge < -0.3 is 0 Å². The number of fused-ring (bicyclic) bond motifs is 1. The van der Waals surface area contributed by atoms with Crippen molar-refractivity contribution in [3.63, 3.8) is 0 Å². The Kier molecular flexibility index (Phi) is 3.57. The maximum atomic E-state index is 13.2. The van der Waals surface area contributed by atoms with E-state index in [-0.39, 0.29) is 17.5 Å². The van der Waals surface area contributed by atoms with Gasteiger partial charge in [0.2, 0.25) is 0 Å². The minimum atomic E-state index is -3.24. The fourth-order valence-electron chi connectivity index (χ4n) is 3.69. The van der Waals surface area contributed by atoms with Crippen LogP contribution in [0.15, 0.2) is 48.5 Å². The second-order valence-electron chi connectivity index (χ2n) is 6.55. The van der Waals surface area contributed by atoms with Gasteiger partial charge in [0.05, 0.1) is 23.6 Å². The number of hydrogen-bond donors (Lipinski definition) is 0. The number of carbonyl (C=O) groups excluding carboxylic acids is 1. The number of benzene rings is 2. The lowest BCUT2D eigenvalue weighted by atomic mass is 10.1. The number of sulfone groups is 1. The molecule has 2 aliphatic heterocycles. The van der Waals surface area contributed by atoms with Crippen LogP contribution in [0.5, 0.6) is 0 Å². The zero-order valence-corrected chi connectivity index (χ0v) is 14.4. The van der Waals surface area contributed by atoms with Crippen molar-refractivity contribution in [1.29, 1.82) is 0 Å². The standard InChI is InChI=1S/C18H17FN2O3S/c1-12-3-2-4-15(9-12)21-17-11-25(23,24)10-16(17)20(18(21)22)14-7-5-13(19)6-8-14/h2-9,16-17H,10-11H2,1H3/t16-,17+/m1/s1. The first-order valence-corrected chi connectivity index (χ1v) is 9.83. The van der Waals surface area contributed by atoms with Crippen LogP contribution in [-0.2, 0) is 9.84 Å². The second kappa shape index (κ2) is 5.56. The zero-order valence-electron chi connectivity index (χ0n) is 13.6. The van der Waals surface area contributed by atoms with Crippen LogP contribution in [0.25, 0.3) is 0 Å². The van der Waals surface area contributed by atoms with E-state index in [1.165, 1.54) is 29.2 Å². The summed E-state index contributed by atoms with van der Waals surface area (Å²) in [5, 5.41) is 0. The molecule has 2 aromatic carbocycles. The number of hydrogen-bond acceptors (Lipinski definition) is 3. The Morgan fingerprint density at radius 3 is 2.16 bits per heavy atom. The van der Waals surface area contributed by atoms with E-state index in [2.05, 4.69) is 0 Å². The molecule has 5 nitrogen and oxygen atoms in total. The van der Waals surface area contributed by atoms with Crippen LogP contribution in [0.1, 0.15) is 5.56 Å². The molecule has 2 fully saturated rings. The molecular weight excluding hydrogens is 343 g/mol. The van der Waals surface area contributed by atoms with Gasteiger partial charge in [0, 0.05) is 11.4 Å². The van der Waals surface area contributed by atoms with E-state index in [4.69, 9.17) is 0 Å². The number of urea groups is 1. The Morgan fingerprint density at radius 2 is 1.56 bits per heavy atom. The minimum absolute atomic E-state index is 0.0605. The van der Waals surface area contributed by atoms with Crippen molar-refractivity contribution in [3.8, 4) is 0 Å². The average Bonchev–Trinajstić information content (AvgIpc) is 2.97. The summed E-state index contributed by atoms with van der Waals surface area (Å²) >= 11 is 0. The number of rotatable bonds is 2. The van der Waals surface area contributed by atoms with Crippen molar-refractivity contribution < 1.29 is 17.6 Å². The third-order valence-electron chi connectivity index (χ3n) is 4.75. The molecule has 0 aliphatic carbocycles. The minimum Gasteiger partial charge on any atom is -0.288 e. The maximum Gasteiger partial charge on any atom is 0.329 e. The van der Waals surface area contributed by atoms with Gasteiger partial charge in [-0.2, -0.15) is 0 Å². The van der Waals surface area contributed by atoms with Gasteiger partial charge in [0.15, 0.2) is 9.84 Å². The van der Waals surface area contributed by atoms with E-state index in [0.29, 0.717) is 11.4 Å². The molecule has 7 heteroatoms. The van der Waals surface area contributed by atoms with Crippen LogP contribution in [0.2, 0.25) is 0 Å². The summed E-state index contributed by atoms with van der Waals surface area (Å²) in [7, 11) is -3.24. The van der Waals surface area contributed by atoms with E-state index in [1.54, 1.807) is 11.0 Å². The molecule has 0 aromatic heterocycles. The number of amides is 2. The molecule has 2 atom stereocenters. The summed E-state index contributed by atoms with van der Waals surface area (Å²) in [6, 6.07) is 11.8. The molecule has 2 aliphatic rings. The molecule has 2 aromatic rings. The molecule has 25 heavy (non-hydrogen) atoms. The van der Waals surface area contributed by atoms with E-state index in [1.807, 2.05) is 25.1 Å². The number of halogens is 1. The van der Waals surface area contributed by atoms with Crippen molar-refractivity contribution >= 4 is 27.2 Å². The SMILES string of the molecule is Cc1cccc(N2C(=O)N(c3ccc(F)cc3)[C@@H]3CS(=O)(=O)C[C@@H]32)c1. The largest absolute Gasteiger partial charge is 0.329 e. The number of nitrogens with zero attached hydrogens (tertiary/aromatic N) is 2. The molecule has 0 bridgehead atoms. The van der Waals surface area contributed by atoms with Crippen LogP contribution >= 0.6 is 0 Å². The Balaban J connectivity index is 1.81. The Labute approximate surface area is 145 Å². The van der Waals surface area contributed by atoms with Crippen LogP contribution in [0, 0.1) is 12.7 Å². The zero-order chi connectivity index (χ0) is 17.8. The first-order chi connectivity index (χ1) is 11.9. The van der Waals surface area contributed by atoms with Gasteiger partial charge in [-0.1, -0.05) is 12.1 Å². The third kappa shape index (κ3) is 2.68. The lowest BCUT2D eigenvalue weighted by Crippen LogP contribution is -2.37. The highest BCUT2D eigenvalue weighted by molar-refractivity contribution is 7.91. The highest BCUT2D eigenvalue weighted by atomic mass is 32.2. The van der Waals surface area contributed by atoms with E-state index < -0.39 is 27.7 Å². The Bertz CT molecular complexity index is 943. The van der Waals surface area contributed by atoms with Gasteiger partial charge in [0.25, 0.3) is 0 Å². The van der Waals surface area contributed by atoms with Crippen LogP contribution in [0.3, 0.4) is 0 Å². The van der Waals surface area contributed by atoms with Crippen LogP contribution in [-0.4, -0.2) is 38.0 Å². The lowest BCUT2D eigenvalue weighted by molar-refractivity contribution is 0.255. The van der Waals surface area contributed by atoms with Gasteiger partial charge in [-0.05, 0) is 48.9 Å². The highest BCUT2D eigenvalue weighted by Crippen LogP contribution is 2.38. The molecule has 2 heterocycles. The average molecular weight is 360 g/mol. The summed E-state index contributed by atoms with van der Waals surface area (Å²) in [6.45, 7) is 1.92. The van der Waals surface area contributed by atoms with Crippen molar-refractivity contribution in [2.45, 2.75) is 19.0 Å². The van der Waals surface area contributed by atoms with Gasteiger partial charge in [-0.3, -0.25) is 9.80 Å².